The van der Waals surface area contributed by atoms with Crippen molar-refractivity contribution in [2.45, 2.75) is 0 Å². The first-order valence-electron chi connectivity index (χ1n) is 5.64. The van der Waals surface area contributed by atoms with Gasteiger partial charge in [-0.3, -0.25) is 4.98 Å². The van der Waals surface area contributed by atoms with Gasteiger partial charge in [0.2, 0.25) is 5.82 Å². The molecule has 0 bridgehead atoms. The number of hydrogen-bond donors (Lipinski definition) is 1. The minimum Gasteiger partial charge on any atom is -0.396 e. The Morgan fingerprint density at radius 1 is 1.20 bits per heavy atom. The van der Waals surface area contributed by atoms with Gasteiger partial charge in [0, 0.05) is 11.8 Å². The summed E-state index contributed by atoms with van der Waals surface area (Å²) in [5.41, 5.74) is 6.59. The van der Waals surface area contributed by atoms with E-state index in [1.54, 1.807) is 12.1 Å². The van der Waals surface area contributed by atoms with Crippen molar-refractivity contribution in [3.05, 3.63) is 47.4 Å². The molecule has 0 atom stereocenters. The van der Waals surface area contributed by atoms with E-state index in [1.807, 2.05) is 0 Å². The minimum atomic E-state index is -0.493. The summed E-state index contributed by atoms with van der Waals surface area (Å²) < 4.78 is 18.2. The van der Waals surface area contributed by atoms with Crippen LogP contribution < -0.4 is 5.73 Å². The summed E-state index contributed by atoms with van der Waals surface area (Å²) in [6.07, 6.45) is 1.49. The maximum Gasteiger partial charge on any atom is 0.258 e. The van der Waals surface area contributed by atoms with Gasteiger partial charge >= 0.3 is 0 Å². The predicted octanol–water partition coefficient (Wildman–Crippen LogP) is 3.17. The van der Waals surface area contributed by atoms with Crippen molar-refractivity contribution in [1.82, 2.24) is 15.1 Å². The molecule has 3 aromatic rings. The van der Waals surface area contributed by atoms with Crippen LogP contribution in [0.1, 0.15) is 0 Å². The second kappa shape index (κ2) is 4.90. The molecule has 0 fully saturated rings. The second-order valence-electron chi connectivity index (χ2n) is 4.02. The maximum absolute atomic E-state index is 13.1. The van der Waals surface area contributed by atoms with Crippen LogP contribution in [0.3, 0.4) is 0 Å². The van der Waals surface area contributed by atoms with Gasteiger partial charge in [0.15, 0.2) is 0 Å². The van der Waals surface area contributed by atoms with Crippen LogP contribution in [-0.4, -0.2) is 15.1 Å². The molecule has 2 aromatic heterocycles. The molecule has 7 heteroatoms. The molecular weight excluding hydrogens is 283 g/mol. The van der Waals surface area contributed by atoms with Crippen LogP contribution in [0.2, 0.25) is 5.02 Å². The average Bonchev–Trinajstić information content (AvgIpc) is 2.92. The Bertz CT molecular complexity index is 757. The monoisotopic (exact) mass is 290 g/mol. The molecule has 3 rings (SSSR count). The SMILES string of the molecule is Nc1cc(-c2nc(-c3ccc(Cl)cn3)no2)ccc1F. The summed E-state index contributed by atoms with van der Waals surface area (Å²) in [5, 5.41) is 4.34. The average molecular weight is 291 g/mol. The fourth-order valence-electron chi connectivity index (χ4n) is 1.63. The van der Waals surface area contributed by atoms with Crippen molar-refractivity contribution in [2.75, 3.05) is 5.73 Å². The van der Waals surface area contributed by atoms with Crippen LogP contribution in [0.15, 0.2) is 41.1 Å². The van der Waals surface area contributed by atoms with Gasteiger partial charge in [0.05, 0.1) is 10.7 Å². The van der Waals surface area contributed by atoms with E-state index >= 15 is 0 Å². The smallest absolute Gasteiger partial charge is 0.258 e. The molecule has 0 spiro atoms. The molecule has 0 aliphatic carbocycles. The Morgan fingerprint density at radius 3 is 2.75 bits per heavy atom. The highest BCUT2D eigenvalue weighted by molar-refractivity contribution is 6.30. The van der Waals surface area contributed by atoms with E-state index in [4.69, 9.17) is 21.9 Å². The van der Waals surface area contributed by atoms with Crippen LogP contribution in [0.25, 0.3) is 23.0 Å². The molecule has 0 saturated carbocycles. The van der Waals surface area contributed by atoms with E-state index in [2.05, 4.69) is 15.1 Å². The van der Waals surface area contributed by atoms with E-state index in [-0.39, 0.29) is 11.6 Å². The van der Waals surface area contributed by atoms with E-state index in [9.17, 15) is 4.39 Å². The van der Waals surface area contributed by atoms with Crippen molar-refractivity contribution in [1.29, 1.82) is 0 Å². The summed E-state index contributed by atoms with van der Waals surface area (Å²) in [5.74, 6) is 0.0656. The summed E-state index contributed by atoms with van der Waals surface area (Å²) in [6.45, 7) is 0. The number of halogens is 2. The van der Waals surface area contributed by atoms with E-state index < -0.39 is 5.82 Å². The van der Waals surface area contributed by atoms with Crippen molar-refractivity contribution in [2.24, 2.45) is 0 Å². The highest BCUT2D eigenvalue weighted by Crippen LogP contribution is 2.24. The van der Waals surface area contributed by atoms with Gasteiger partial charge in [-0.05, 0) is 30.3 Å². The van der Waals surface area contributed by atoms with Gasteiger partial charge in [0.1, 0.15) is 11.5 Å². The number of anilines is 1. The lowest BCUT2D eigenvalue weighted by atomic mass is 10.2. The Morgan fingerprint density at radius 2 is 2.05 bits per heavy atom. The molecular formula is C13H8ClFN4O. The third-order valence-electron chi connectivity index (χ3n) is 2.63. The first kappa shape index (κ1) is 12.6. The number of aromatic nitrogens is 3. The molecule has 0 amide bonds. The van der Waals surface area contributed by atoms with Gasteiger partial charge in [0.25, 0.3) is 5.89 Å². The molecule has 0 saturated heterocycles. The number of nitrogens with zero attached hydrogens (tertiary/aromatic N) is 3. The van der Waals surface area contributed by atoms with Crippen LogP contribution in [0, 0.1) is 5.82 Å². The largest absolute Gasteiger partial charge is 0.396 e. The van der Waals surface area contributed by atoms with E-state index in [0.717, 1.165) is 0 Å². The van der Waals surface area contributed by atoms with Gasteiger partial charge in [-0.25, -0.2) is 4.39 Å². The highest BCUT2D eigenvalue weighted by Gasteiger charge is 2.12. The molecule has 0 aliphatic rings. The molecule has 2 heterocycles. The standard InChI is InChI=1S/C13H8ClFN4O/c14-8-2-4-11(17-6-8)12-18-13(20-19-12)7-1-3-9(15)10(16)5-7/h1-6H,16H2. The van der Waals surface area contributed by atoms with Gasteiger partial charge < -0.3 is 10.3 Å². The van der Waals surface area contributed by atoms with Crippen molar-refractivity contribution in [3.8, 4) is 23.0 Å². The Labute approximate surface area is 118 Å². The lowest BCUT2D eigenvalue weighted by Crippen LogP contribution is -1.91. The van der Waals surface area contributed by atoms with Crippen LogP contribution in [0.4, 0.5) is 10.1 Å². The third-order valence-corrected chi connectivity index (χ3v) is 2.85. The molecule has 20 heavy (non-hydrogen) atoms. The van der Waals surface area contributed by atoms with Crippen molar-refractivity contribution in [3.63, 3.8) is 0 Å². The van der Waals surface area contributed by atoms with E-state index in [1.165, 1.54) is 24.4 Å². The number of hydrogen-bond acceptors (Lipinski definition) is 5. The lowest BCUT2D eigenvalue weighted by molar-refractivity contribution is 0.432. The summed E-state index contributed by atoms with van der Waals surface area (Å²) >= 11 is 5.76. The number of pyridine rings is 1. The maximum atomic E-state index is 13.1. The van der Waals surface area contributed by atoms with Crippen LogP contribution >= 0.6 is 11.6 Å². The number of nitrogen functional groups attached to an aromatic ring is 1. The predicted molar refractivity (Wildman–Crippen MR) is 72.3 cm³/mol. The fraction of sp³-hybridized carbons (Fsp3) is 0. The molecule has 100 valence electrons. The van der Waals surface area contributed by atoms with Crippen LogP contribution in [-0.2, 0) is 0 Å². The molecule has 0 aliphatic heterocycles. The van der Waals surface area contributed by atoms with Crippen molar-refractivity contribution < 1.29 is 8.91 Å². The highest BCUT2D eigenvalue weighted by atomic mass is 35.5. The quantitative estimate of drug-likeness (QED) is 0.733. The molecule has 0 unspecified atom stereocenters. The number of nitrogens with two attached hydrogens (primary N) is 1. The summed E-state index contributed by atoms with van der Waals surface area (Å²) in [7, 11) is 0. The minimum absolute atomic E-state index is 0.0202. The van der Waals surface area contributed by atoms with E-state index in [0.29, 0.717) is 22.1 Å². The molecule has 5 nitrogen and oxygen atoms in total. The first-order chi connectivity index (χ1) is 9.63. The van der Waals surface area contributed by atoms with Crippen molar-refractivity contribution >= 4 is 17.3 Å². The molecule has 1 aromatic carbocycles. The fourth-order valence-corrected chi connectivity index (χ4v) is 1.74. The van der Waals surface area contributed by atoms with Gasteiger partial charge in [-0.2, -0.15) is 4.98 Å². The number of rotatable bonds is 2. The third kappa shape index (κ3) is 2.33. The normalized spacial score (nSPS) is 10.7. The number of benzene rings is 1. The lowest BCUT2D eigenvalue weighted by Gasteiger charge is -1.97. The first-order valence-corrected chi connectivity index (χ1v) is 6.02. The Kier molecular flexibility index (Phi) is 3.08. The topological polar surface area (TPSA) is 77.8 Å². The zero-order valence-corrected chi connectivity index (χ0v) is 10.8. The molecule has 2 N–H and O–H groups in total. The zero-order chi connectivity index (χ0) is 14.1. The Hall–Kier alpha value is -2.47. The van der Waals surface area contributed by atoms with Gasteiger partial charge in [-0.15, -0.1) is 0 Å². The zero-order valence-electron chi connectivity index (χ0n) is 10.0. The van der Waals surface area contributed by atoms with Crippen LogP contribution in [0.5, 0.6) is 0 Å². The second-order valence-corrected chi connectivity index (χ2v) is 4.46. The summed E-state index contributed by atoms with van der Waals surface area (Å²) in [4.78, 5) is 8.28. The molecule has 0 radical (unpaired) electrons. The van der Waals surface area contributed by atoms with Gasteiger partial charge in [-0.1, -0.05) is 16.8 Å². The Balaban J connectivity index is 1.97. The summed E-state index contributed by atoms with van der Waals surface area (Å²) in [6, 6.07) is 7.54.